The SMILES string of the molecule is N#Cc1ccc(CN(Cc2nnc(N)o2)C(=O)CSc2cc(F)cc(F)c2Cl)cc1. The van der Waals surface area contributed by atoms with Crippen molar-refractivity contribution in [2.45, 2.75) is 18.0 Å². The van der Waals surface area contributed by atoms with Crippen LogP contribution in [0.15, 0.2) is 45.7 Å². The Labute approximate surface area is 179 Å². The Kier molecular flexibility index (Phi) is 6.87. The van der Waals surface area contributed by atoms with Gasteiger partial charge in [-0.3, -0.25) is 4.79 Å². The van der Waals surface area contributed by atoms with Gasteiger partial charge >= 0.3 is 6.01 Å². The number of anilines is 1. The second-order valence-electron chi connectivity index (χ2n) is 6.08. The van der Waals surface area contributed by atoms with Gasteiger partial charge in [0.1, 0.15) is 11.6 Å². The molecule has 1 aromatic heterocycles. The van der Waals surface area contributed by atoms with E-state index in [1.165, 1.54) is 4.90 Å². The molecule has 0 saturated carbocycles. The highest BCUT2D eigenvalue weighted by molar-refractivity contribution is 8.00. The first-order chi connectivity index (χ1) is 14.4. The van der Waals surface area contributed by atoms with Crippen molar-refractivity contribution >= 4 is 35.3 Å². The number of aromatic nitrogens is 2. The molecule has 0 bridgehead atoms. The van der Waals surface area contributed by atoms with Gasteiger partial charge in [0.25, 0.3) is 0 Å². The summed E-state index contributed by atoms with van der Waals surface area (Å²) in [5.74, 6) is -2.05. The third kappa shape index (κ3) is 5.46. The van der Waals surface area contributed by atoms with Gasteiger partial charge < -0.3 is 15.1 Å². The Bertz CT molecular complexity index is 1100. The first kappa shape index (κ1) is 21.5. The summed E-state index contributed by atoms with van der Waals surface area (Å²) >= 11 is 6.76. The maximum Gasteiger partial charge on any atom is 0.312 e. The van der Waals surface area contributed by atoms with Crippen LogP contribution in [0.4, 0.5) is 14.8 Å². The largest absolute Gasteiger partial charge is 0.406 e. The van der Waals surface area contributed by atoms with Crippen LogP contribution in [0.3, 0.4) is 0 Å². The number of carbonyl (C=O) groups excluding carboxylic acids is 1. The quantitative estimate of drug-likeness (QED) is 0.431. The number of amides is 1. The lowest BCUT2D eigenvalue weighted by Gasteiger charge is -2.21. The zero-order valence-corrected chi connectivity index (χ0v) is 16.9. The van der Waals surface area contributed by atoms with Gasteiger partial charge in [0, 0.05) is 17.5 Å². The predicted octanol–water partition coefficient (Wildman–Crippen LogP) is 3.78. The molecule has 30 heavy (non-hydrogen) atoms. The summed E-state index contributed by atoms with van der Waals surface area (Å²) in [7, 11) is 0. The van der Waals surface area contributed by atoms with Gasteiger partial charge in [-0.15, -0.1) is 16.9 Å². The number of halogens is 3. The van der Waals surface area contributed by atoms with E-state index in [9.17, 15) is 13.6 Å². The fourth-order valence-electron chi connectivity index (χ4n) is 2.50. The van der Waals surface area contributed by atoms with Crippen molar-refractivity contribution in [1.29, 1.82) is 5.26 Å². The van der Waals surface area contributed by atoms with Crippen molar-refractivity contribution in [3.8, 4) is 6.07 Å². The first-order valence-corrected chi connectivity index (χ1v) is 9.84. The Balaban J connectivity index is 1.76. The Morgan fingerprint density at radius 3 is 2.60 bits per heavy atom. The summed E-state index contributed by atoms with van der Waals surface area (Å²) in [6, 6.07) is 10.3. The van der Waals surface area contributed by atoms with Crippen LogP contribution in [0.5, 0.6) is 0 Å². The number of carbonyl (C=O) groups is 1. The second-order valence-corrected chi connectivity index (χ2v) is 7.48. The van der Waals surface area contributed by atoms with E-state index in [-0.39, 0.29) is 46.6 Å². The maximum absolute atomic E-state index is 13.6. The van der Waals surface area contributed by atoms with E-state index in [0.717, 1.165) is 23.4 Å². The lowest BCUT2D eigenvalue weighted by atomic mass is 10.1. The number of hydrogen-bond donors (Lipinski definition) is 1. The van der Waals surface area contributed by atoms with Crippen molar-refractivity contribution in [2.75, 3.05) is 11.5 Å². The average Bonchev–Trinajstić information content (AvgIpc) is 3.14. The van der Waals surface area contributed by atoms with Crippen LogP contribution in [0.1, 0.15) is 17.0 Å². The van der Waals surface area contributed by atoms with E-state index < -0.39 is 11.6 Å². The number of nitriles is 1. The normalized spacial score (nSPS) is 10.6. The zero-order valence-electron chi connectivity index (χ0n) is 15.3. The van der Waals surface area contributed by atoms with Crippen LogP contribution in [-0.2, 0) is 17.9 Å². The number of hydrogen-bond acceptors (Lipinski definition) is 7. The summed E-state index contributed by atoms with van der Waals surface area (Å²) in [4.78, 5) is 14.4. The fraction of sp³-hybridized carbons (Fsp3) is 0.158. The number of nitrogen functional groups attached to an aromatic ring is 1. The monoisotopic (exact) mass is 449 g/mol. The molecule has 7 nitrogen and oxygen atoms in total. The van der Waals surface area contributed by atoms with Crippen LogP contribution in [-0.4, -0.2) is 26.8 Å². The standard InChI is InChI=1S/C19H14ClF2N5O2S/c20-18-14(22)5-13(21)6-15(18)30-10-17(28)27(9-16-25-26-19(24)29-16)8-12-3-1-11(7-23)2-4-12/h1-6H,8-10H2,(H2,24,26). The number of nitrogens with two attached hydrogens (primary N) is 1. The van der Waals surface area contributed by atoms with E-state index in [4.69, 9.17) is 27.0 Å². The van der Waals surface area contributed by atoms with Crippen LogP contribution in [0, 0.1) is 23.0 Å². The fourth-order valence-corrected chi connectivity index (χ4v) is 3.65. The molecule has 2 N–H and O–H groups in total. The minimum absolute atomic E-state index is 0.0190. The van der Waals surface area contributed by atoms with Crippen LogP contribution >= 0.6 is 23.4 Å². The maximum atomic E-state index is 13.6. The number of rotatable bonds is 7. The van der Waals surface area contributed by atoms with Crippen molar-refractivity contribution in [3.63, 3.8) is 0 Å². The highest BCUT2D eigenvalue weighted by Crippen LogP contribution is 2.30. The highest BCUT2D eigenvalue weighted by Gasteiger charge is 2.19. The van der Waals surface area contributed by atoms with Gasteiger partial charge in [0.15, 0.2) is 0 Å². The molecule has 2 aromatic carbocycles. The smallest absolute Gasteiger partial charge is 0.312 e. The van der Waals surface area contributed by atoms with Crippen molar-refractivity contribution in [2.24, 2.45) is 0 Å². The summed E-state index contributed by atoms with van der Waals surface area (Å²) in [5.41, 5.74) is 6.68. The van der Waals surface area contributed by atoms with E-state index in [1.807, 2.05) is 6.07 Å². The van der Waals surface area contributed by atoms with Gasteiger partial charge in [-0.2, -0.15) is 5.26 Å². The Morgan fingerprint density at radius 1 is 1.23 bits per heavy atom. The van der Waals surface area contributed by atoms with Gasteiger partial charge in [0.2, 0.25) is 11.8 Å². The molecule has 3 aromatic rings. The zero-order chi connectivity index (χ0) is 21.7. The van der Waals surface area contributed by atoms with Crippen LogP contribution < -0.4 is 5.73 Å². The summed E-state index contributed by atoms with van der Waals surface area (Å²) in [6.07, 6.45) is 0. The Morgan fingerprint density at radius 2 is 1.97 bits per heavy atom. The molecule has 1 heterocycles. The molecule has 11 heteroatoms. The third-order valence-corrected chi connectivity index (χ3v) is 5.45. The Hall–Kier alpha value is -3.16. The van der Waals surface area contributed by atoms with Gasteiger partial charge in [-0.25, -0.2) is 8.78 Å². The first-order valence-electron chi connectivity index (χ1n) is 8.47. The van der Waals surface area contributed by atoms with E-state index in [0.29, 0.717) is 11.6 Å². The topological polar surface area (TPSA) is 109 Å². The average molecular weight is 450 g/mol. The third-order valence-electron chi connectivity index (χ3n) is 3.93. The molecule has 0 atom stereocenters. The molecule has 0 aliphatic carbocycles. The van der Waals surface area contributed by atoms with Crippen molar-refractivity contribution in [1.82, 2.24) is 15.1 Å². The molecule has 154 valence electrons. The minimum atomic E-state index is -0.901. The molecule has 0 radical (unpaired) electrons. The van der Waals surface area contributed by atoms with Crippen LogP contribution in [0.2, 0.25) is 5.02 Å². The molecule has 1 amide bonds. The molecule has 0 aliphatic rings. The van der Waals surface area contributed by atoms with Crippen molar-refractivity contribution in [3.05, 3.63) is 70.1 Å². The van der Waals surface area contributed by atoms with Crippen molar-refractivity contribution < 1.29 is 18.0 Å². The second kappa shape index (κ2) is 9.56. The van der Waals surface area contributed by atoms with Gasteiger partial charge in [0.05, 0.1) is 29.0 Å². The molecule has 0 spiro atoms. The van der Waals surface area contributed by atoms with E-state index in [2.05, 4.69) is 10.2 Å². The minimum Gasteiger partial charge on any atom is -0.406 e. The predicted molar refractivity (Wildman–Crippen MR) is 106 cm³/mol. The highest BCUT2D eigenvalue weighted by atomic mass is 35.5. The summed E-state index contributed by atoms with van der Waals surface area (Å²) < 4.78 is 32.2. The molecular weight excluding hydrogens is 436 g/mol. The number of benzene rings is 2. The molecular formula is C19H14ClF2N5O2S. The lowest BCUT2D eigenvalue weighted by Crippen LogP contribution is -2.31. The molecule has 0 unspecified atom stereocenters. The molecule has 0 saturated heterocycles. The molecule has 3 rings (SSSR count). The van der Waals surface area contributed by atoms with Gasteiger partial charge in [-0.05, 0) is 23.8 Å². The van der Waals surface area contributed by atoms with Crippen LogP contribution in [0.25, 0.3) is 0 Å². The van der Waals surface area contributed by atoms with E-state index >= 15 is 0 Å². The summed E-state index contributed by atoms with van der Waals surface area (Å²) in [6.45, 7) is 0.160. The number of nitrogens with zero attached hydrogens (tertiary/aromatic N) is 4. The number of thioether (sulfide) groups is 1. The van der Waals surface area contributed by atoms with E-state index in [1.54, 1.807) is 24.3 Å². The summed E-state index contributed by atoms with van der Waals surface area (Å²) in [5, 5.41) is 16.0. The lowest BCUT2D eigenvalue weighted by molar-refractivity contribution is -0.129. The molecule has 0 aliphatic heterocycles. The molecule has 0 fully saturated rings. The van der Waals surface area contributed by atoms with Gasteiger partial charge in [-0.1, -0.05) is 28.8 Å².